The topological polar surface area (TPSA) is 92.7 Å². The number of anilines is 2. The highest BCUT2D eigenvalue weighted by molar-refractivity contribution is 5.68. The first-order chi connectivity index (χ1) is 8.61. The van der Waals surface area contributed by atoms with Crippen LogP contribution in [0, 0.1) is 10.1 Å². The zero-order chi connectivity index (χ0) is 13.1. The number of rotatable bonds is 3. The summed E-state index contributed by atoms with van der Waals surface area (Å²) < 4.78 is 0. The third-order valence-corrected chi connectivity index (χ3v) is 3.00. The fourth-order valence-corrected chi connectivity index (χ4v) is 2.02. The summed E-state index contributed by atoms with van der Waals surface area (Å²) in [5.41, 5.74) is 6.50. The summed E-state index contributed by atoms with van der Waals surface area (Å²) in [6.45, 7) is 2.32. The van der Waals surface area contributed by atoms with Crippen molar-refractivity contribution in [3.8, 4) is 0 Å². The lowest BCUT2D eigenvalue weighted by Gasteiger charge is -2.33. The summed E-state index contributed by atoms with van der Waals surface area (Å²) in [6, 6.07) is 4.67. The molecule has 1 amide bonds. The SMILES string of the molecule is Nc1ccc(N2CCN(C=O)CC2)c([N+](=O)[O-])c1. The van der Waals surface area contributed by atoms with E-state index < -0.39 is 4.92 Å². The number of carbonyl (C=O) groups excluding carboxylic acids is 1. The van der Waals surface area contributed by atoms with Gasteiger partial charge in [-0.25, -0.2) is 0 Å². The summed E-state index contributed by atoms with van der Waals surface area (Å²) in [6.07, 6.45) is 0.800. The van der Waals surface area contributed by atoms with Gasteiger partial charge in [-0.15, -0.1) is 0 Å². The van der Waals surface area contributed by atoms with E-state index in [0.29, 0.717) is 37.6 Å². The molecule has 1 heterocycles. The molecule has 0 bridgehead atoms. The van der Waals surface area contributed by atoms with Gasteiger partial charge < -0.3 is 15.5 Å². The van der Waals surface area contributed by atoms with Gasteiger partial charge in [0.25, 0.3) is 5.69 Å². The number of nitro groups is 1. The molecule has 0 atom stereocenters. The number of nitrogens with two attached hydrogens (primary N) is 1. The Bertz CT molecular complexity index is 469. The van der Waals surface area contributed by atoms with Gasteiger partial charge in [0, 0.05) is 37.9 Å². The number of nitrogens with zero attached hydrogens (tertiary/aromatic N) is 3. The number of nitro benzene ring substituents is 1. The molecule has 1 fully saturated rings. The Morgan fingerprint density at radius 1 is 1.28 bits per heavy atom. The maximum atomic E-state index is 11.0. The Hall–Kier alpha value is -2.31. The Balaban J connectivity index is 2.23. The van der Waals surface area contributed by atoms with Gasteiger partial charge in [-0.3, -0.25) is 14.9 Å². The molecule has 0 radical (unpaired) electrons. The highest BCUT2D eigenvalue weighted by Crippen LogP contribution is 2.30. The number of hydrogen-bond donors (Lipinski definition) is 1. The smallest absolute Gasteiger partial charge is 0.294 e. The van der Waals surface area contributed by atoms with Crippen LogP contribution in [0.25, 0.3) is 0 Å². The second kappa shape index (κ2) is 4.91. The van der Waals surface area contributed by atoms with Crippen molar-refractivity contribution >= 4 is 23.5 Å². The molecule has 7 heteroatoms. The lowest BCUT2D eigenvalue weighted by molar-refractivity contribution is -0.384. The zero-order valence-corrected chi connectivity index (χ0v) is 9.78. The second-order valence-electron chi connectivity index (χ2n) is 4.13. The first-order valence-corrected chi connectivity index (χ1v) is 5.60. The third kappa shape index (κ3) is 2.34. The van der Waals surface area contributed by atoms with Crippen LogP contribution in [0.3, 0.4) is 0 Å². The molecular weight excluding hydrogens is 236 g/mol. The summed E-state index contributed by atoms with van der Waals surface area (Å²) >= 11 is 0. The summed E-state index contributed by atoms with van der Waals surface area (Å²) in [5.74, 6) is 0. The molecule has 0 aromatic heterocycles. The van der Waals surface area contributed by atoms with Crippen molar-refractivity contribution in [2.45, 2.75) is 0 Å². The number of amides is 1. The predicted molar refractivity (Wildman–Crippen MR) is 67.4 cm³/mol. The van der Waals surface area contributed by atoms with E-state index in [-0.39, 0.29) is 5.69 Å². The van der Waals surface area contributed by atoms with Crippen molar-refractivity contribution in [1.29, 1.82) is 0 Å². The molecule has 18 heavy (non-hydrogen) atoms. The van der Waals surface area contributed by atoms with Gasteiger partial charge in [0.15, 0.2) is 0 Å². The van der Waals surface area contributed by atoms with Crippen molar-refractivity contribution in [2.75, 3.05) is 36.8 Å². The van der Waals surface area contributed by atoms with Gasteiger partial charge in [-0.1, -0.05) is 0 Å². The van der Waals surface area contributed by atoms with E-state index in [4.69, 9.17) is 5.73 Å². The van der Waals surface area contributed by atoms with Crippen LogP contribution in [0.2, 0.25) is 0 Å². The minimum Gasteiger partial charge on any atom is -0.399 e. The third-order valence-electron chi connectivity index (χ3n) is 3.00. The van der Waals surface area contributed by atoms with Crippen LogP contribution in [0.15, 0.2) is 18.2 Å². The monoisotopic (exact) mass is 250 g/mol. The second-order valence-corrected chi connectivity index (χ2v) is 4.13. The van der Waals surface area contributed by atoms with Crippen LogP contribution >= 0.6 is 0 Å². The standard InChI is InChI=1S/C11H14N4O3/c12-9-1-2-10(11(7-9)15(17)18)14-5-3-13(8-16)4-6-14/h1-2,7-8H,3-6,12H2. The molecular formula is C11H14N4O3. The van der Waals surface area contributed by atoms with Gasteiger partial charge in [0.05, 0.1) is 4.92 Å². The number of hydrogen-bond acceptors (Lipinski definition) is 5. The van der Waals surface area contributed by atoms with Gasteiger partial charge in [0.2, 0.25) is 6.41 Å². The molecule has 1 aromatic rings. The average molecular weight is 250 g/mol. The van der Waals surface area contributed by atoms with Crippen LogP contribution in [-0.2, 0) is 4.79 Å². The number of carbonyl (C=O) groups is 1. The average Bonchev–Trinajstić information content (AvgIpc) is 2.39. The molecule has 1 aliphatic rings. The largest absolute Gasteiger partial charge is 0.399 e. The van der Waals surface area contributed by atoms with E-state index in [2.05, 4.69) is 0 Å². The summed E-state index contributed by atoms with van der Waals surface area (Å²) in [5, 5.41) is 11.0. The first-order valence-electron chi connectivity index (χ1n) is 5.60. The summed E-state index contributed by atoms with van der Waals surface area (Å²) in [7, 11) is 0. The molecule has 0 unspecified atom stereocenters. The van der Waals surface area contributed by atoms with Crippen molar-refractivity contribution in [1.82, 2.24) is 4.90 Å². The maximum Gasteiger partial charge on any atom is 0.294 e. The Morgan fingerprint density at radius 2 is 1.94 bits per heavy atom. The fraction of sp³-hybridized carbons (Fsp3) is 0.364. The number of benzene rings is 1. The maximum absolute atomic E-state index is 11.0. The minimum absolute atomic E-state index is 0.00885. The van der Waals surface area contributed by atoms with Gasteiger partial charge >= 0.3 is 0 Å². The van der Waals surface area contributed by atoms with E-state index >= 15 is 0 Å². The Kier molecular flexibility index (Phi) is 3.31. The highest BCUT2D eigenvalue weighted by Gasteiger charge is 2.23. The molecule has 2 N–H and O–H groups in total. The van der Waals surface area contributed by atoms with Crippen LogP contribution in [0.5, 0.6) is 0 Å². The van der Waals surface area contributed by atoms with Crippen LogP contribution in [0.1, 0.15) is 0 Å². The first kappa shape index (κ1) is 12.2. The molecule has 1 aliphatic heterocycles. The predicted octanol–water partition coefficient (Wildman–Crippen LogP) is 0.455. The molecule has 0 aliphatic carbocycles. The number of nitrogen functional groups attached to an aromatic ring is 1. The molecule has 0 saturated carbocycles. The lowest BCUT2D eigenvalue weighted by Crippen LogP contribution is -2.45. The lowest BCUT2D eigenvalue weighted by atomic mass is 10.2. The minimum atomic E-state index is -0.433. The Morgan fingerprint density at radius 3 is 2.50 bits per heavy atom. The van der Waals surface area contributed by atoms with E-state index in [1.54, 1.807) is 17.0 Å². The van der Waals surface area contributed by atoms with Crippen LogP contribution in [-0.4, -0.2) is 42.4 Å². The van der Waals surface area contributed by atoms with Gasteiger partial charge in [-0.05, 0) is 12.1 Å². The molecule has 0 spiro atoms. The quantitative estimate of drug-likeness (QED) is 0.364. The molecule has 2 rings (SSSR count). The van der Waals surface area contributed by atoms with Crippen LogP contribution in [0.4, 0.5) is 17.1 Å². The molecule has 1 saturated heterocycles. The van der Waals surface area contributed by atoms with Crippen molar-refractivity contribution in [3.05, 3.63) is 28.3 Å². The van der Waals surface area contributed by atoms with Crippen molar-refractivity contribution in [3.63, 3.8) is 0 Å². The van der Waals surface area contributed by atoms with Crippen molar-refractivity contribution in [2.24, 2.45) is 0 Å². The van der Waals surface area contributed by atoms with Gasteiger partial charge in [-0.2, -0.15) is 0 Å². The van der Waals surface area contributed by atoms with E-state index in [9.17, 15) is 14.9 Å². The van der Waals surface area contributed by atoms with E-state index in [1.165, 1.54) is 6.07 Å². The molecule has 7 nitrogen and oxygen atoms in total. The van der Waals surface area contributed by atoms with Crippen LogP contribution < -0.4 is 10.6 Å². The highest BCUT2D eigenvalue weighted by atomic mass is 16.6. The van der Waals surface area contributed by atoms with E-state index in [0.717, 1.165) is 6.41 Å². The number of piperazine rings is 1. The van der Waals surface area contributed by atoms with Crippen molar-refractivity contribution < 1.29 is 9.72 Å². The fourth-order valence-electron chi connectivity index (χ4n) is 2.02. The zero-order valence-electron chi connectivity index (χ0n) is 9.78. The summed E-state index contributed by atoms with van der Waals surface area (Å²) in [4.78, 5) is 24.7. The van der Waals surface area contributed by atoms with E-state index in [1.807, 2.05) is 4.90 Å². The van der Waals surface area contributed by atoms with Gasteiger partial charge in [0.1, 0.15) is 5.69 Å². The normalized spacial score (nSPS) is 15.6. The molecule has 1 aromatic carbocycles. The molecule has 96 valence electrons. The Labute approximate surface area is 104 Å².